The van der Waals surface area contributed by atoms with Crippen molar-refractivity contribution < 1.29 is 13.2 Å². The molecule has 0 spiro atoms. The van der Waals surface area contributed by atoms with E-state index in [1.807, 2.05) is 0 Å². The highest BCUT2D eigenvalue weighted by molar-refractivity contribution is 4.83. The topological polar surface area (TPSA) is 26.0 Å². The molecule has 1 unspecified atom stereocenters. The molecule has 0 bridgehead atoms. The Balaban J connectivity index is 2.31. The van der Waals surface area contributed by atoms with Gasteiger partial charge in [-0.05, 0) is 31.2 Å². The molecule has 0 radical (unpaired) electrons. The van der Waals surface area contributed by atoms with Gasteiger partial charge in [-0.1, -0.05) is 0 Å². The van der Waals surface area contributed by atoms with Crippen molar-refractivity contribution in [2.75, 3.05) is 6.54 Å². The minimum Gasteiger partial charge on any atom is -0.330 e. The molecular formula is C7H12F3N. The first-order valence-corrected chi connectivity index (χ1v) is 3.80. The van der Waals surface area contributed by atoms with E-state index >= 15 is 0 Å². The standard InChI is InChI=1S/C7H12F3N/c8-7(9,10)3-6(4-11)5-1-2-5/h5-6H,1-4,11H2. The molecule has 0 heterocycles. The largest absolute Gasteiger partial charge is 0.389 e. The maximum Gasteiger partial charge on any atom is 0.389 e. The van der Waals surface area contributed by atoms with E-state index in [1.54, 1.807) is 0 Å². The average molecular weight is 167 g/mol. The van der Waals surface area contributed by atoms with Crippen molar-refractivity contribution in [3.8, 4) is 0 Å². The van der Waals surface area contributed by atoms with Crippen molar-refractivity contribution in [2.24, 2.45) is 17.6 Å². The van der Waals surface area contributed by atoms with Crippen LogP contribution in [0.4, 0.5) is 13.2 Å². The summed E-state index contributed by atoms with van der Waals surface area (Å²) in [5.74, 6) is -0.0726. The van der Waals surface area contributed by atoms with Crippen LogP contribution in [0.5, 0.6) is 0 Å². The third-order valence-corrected chi connectivity index (χ3v) is 2.09. The van der Waals surface area contributed by atoms with Gasteiger partial charge in [0.1, 0.15) is 0 Å². The molecule has 2 N–H and O–H groups in total. The van der Waals surface area contributed by atoms with Gasteiger partial charge in [-0.2, -0.15) is 13.2 Å². The first kappa shape index (κ1) is 8.84. The summed E-state index contributed by atoms with van der Waals surface area (Å²) in [4.78, 5) is 0. The molecule has 0 saturated heterocycles. The Hall–Kier alpha value is -0.250. The van der Waals surface area contributed by atoms with Crippen molar-refractivity contribution in [1.29, 1.82) is 0 Å². The van der Waals surface area contributed by atoms with Crippen molar-refractivity contribution in [3.63, 3.8) is 0 Å². The number of alkyl halides is 3. The Morgan fingerprint density at radius 3 is 2.18 bits per heavy atom. The van der Waals surface area contributed by atoms with E-state index in [0.717, 1.165) is 12.8 Å². The SMILES string of the molecule is NCC(CC(F)(F)F)C1CC1. The minimum absolute atomic E-state index is 0.171. The van der Waals surface area contributed by atoms with Crippen LogP contribution in [-0.2, 0) is 0 Å². The third-order valence-electron chi connectivity index (χ3n) is 2.09. The highest BCUT2D eigenvalue weighted by Gasteiger charge is 2.38. The summed E-state index contributed by atoms with van der Waals surface area (Å²) < 4.78 is 35.5. The maximum absolute atomic E-state index is 11.8. The van der Waals surface area contributed by atoms with Crippen LogP contribution in [-0.4, -0.2) is 12.7 Å². The van der Waals surface area contributed by atoms with Crippen LogP contribution in [0.25, 0.3) is 0 Å². The van der Waals surface area contributed by atoms with Crippen molar-refractivity contribution >= 4 is 0 Å². The molecule has 0 amide bonds. The lowest BCUT2D eigenvalue weighted by Crippen LogP contribution is -2.23. The van der Waals surface area contributed by atoms with Gasteiger partial charge in [-0.25, -0.2) is 0 Å². The monoisotopic (exact) mass is 167 g/mol. The highest BCUT2D eigenvalue weighted by atomic mass is 19.4. The van der Waals surface area contributed by atoms with E-state index in [-0.39, 0.29) is 18.4 Å². The summed E-state index contributed by atoms with van der Waals surface area (Å²) in [6.07, 6.45) is -2.88. The second kappa shape index (κ2) is 3.01. The van der Waals surface area contributed by atoms with E-state index < -0.39 is 12.6 Å². The molecule has 1 atom stereocenters. The molecule has 0 aromatic heterocycles. The second-order valence-corrected chi connectivity index (χ2v) is 3.15. The average Bonchev–Trinajstić information content (AvgIpc) is 2.61. The number of rotatable bonds is 3. The number of hydrogen-bond acceptors (Lipinski definition) is 1. The quantitative estimate of drug-likeness (QED) is 0.682. The van der Waals surface area contributed by atoms with Gasteiger partial charge in [0.2, 0.25) is 0 Å². The molecule has 1 nitrogen and oxygen atoms in total. The van der Waals surface area contributed by atoms with Gasteiger partial charge in [0, 0.05) is 6.42 Å². The molecule has 0 aromatic rings. The van der Waals surface area contributed by atoms with Gasteiger partial charge in [-0.3, -0.25) is 0 Å². The first-order valence-electron chi connectivity index (χ1n) is 3.80. The minimum atomic E-state index is -4.04. The number of hydrogen-bond donors (Lipinski definition) is 1. The lowest BCUT2D eigenvalue weighted by molar-refractivity contribution is -0.145. The van der Waals surface area contributed by atoms with E-state index in [2.05, 4.69) is 0 Å². The summed E-state index contributed by atoms with van der Waals surface area (Å²) in [6.45, 7) is 0.171. The summed E-state index contributed by atoms with van der Waals surface area (Å²) in [5.41, 5.74) is 5.22. The maximum atomic E-state index is 11.8. The molecule has 1 fully saturated rings. The summed E-state index contributed by atoms with van der Waals surface area (Å²) in [6, 6.07) is 0. The van der Waals surface area contributed by atoms with Crippen LogP contribution in [0.1, 0.15) is 19.3 Å². The molecule has 11 heavy (non-hydrogen) atoms. The van der Waals surface area contributed by atoms with E-state index in [0.29, 0.717) is 0 Å². The van der Waals surface area contributed by atoms with Crippen molar-refractivity contribution in [1.82, 2.24) is 0 Å². The lowest BCUT2D eigenvalue weighted by Gasteiger charge is -2.15. The zero-order valence-corrected chi connectivity index (χ0v) is 6.19. The first-order chi connectivity index (χ1) is 5.03. The molecule has 66 valence electrons. The van der Waals surface area contributed by atoms with Crippen LogP contribution in [0.2, 0.25) is 0 Å². The van der Waals surface area contributed by atoms with Crippen molar-refractivity contribution in [2.45, 2.75) is 25.4 Å². The van der Waals surface area contributed by atoms with Gasteiger partial charge in [0.25, 0.3) is 0 Å². The summed E-state index contributed by atoms with van der Waals surface area (Å²) in [7, 11) is 0. The number of nitrogens with two attached hydrogens (primary N) is 1. The highest BCUT2D eigenvalue weighted by Crippen LogP contribution is 2.41. The normalized spacial score (nSPS) is 21.8. The number of halogens is 3. The predicted molar refractivity (Wildman–Crippen MR) is 35.9 cm³/mol. The molecular weight excluding hydrogens is 155 g/mol. The van der Waals surface area contributed by atoms with Gasteiger partial charge in [0.15, 0.2) is 0 Å². The molecule has 1 aliphatic carbocycles. The van der Waals surface area contributed by atoms with Crippen LogP contribution < -0.4 is 5.73 Å². The van der Waals surface area contributed by atoms with E-state index in [4.69, 9.17) is 5.73 Å². The molecule has 4 heteroatoms. The molecule has 0 aliphatic heterocycles. The Bertz CT molecular complexity index is 128. The van der Waals surface area contributed by atoms with Crippen molar-refractivity contribution in [3.05, 3.63) is 0 Å². The zero-order valence-electron chi connectivity index (χ0n) is 6.19. The lowest BCUT2D eigenvalue weighted by atomic mass is 10.00. The van der Waals surface area contributed by atoms with Crippen LogP contribution in [0.3, 0.4) is 0 Å². The third kappa shape index (κ3) is 3.10. The Kier molecular flexibility index (Phi) is 2.42. The van der Waals surface area contributed by atoms with E-state index in [1.165, 1.54) is 0 Å². The second-order valence-electron chi connectivity index (χ2n) is 3.15. The van der Waals surface area contributed by atoms with Gasteiger partial charge in [0.05, 0.1) is 0 Å². The van der Waals surface area contributed by atoms with Crippen LogP contribution in [0.15, 0.2) is 0 Å². The van der Waals surface area contributed by atoms with Gasteiger partial charge in [-0.15, -0.1) is 0 Å². The molecule has 1 saturated carbocycles. The molecule has 1 rings (SSSR count). The molecule has 0 aromatic carbocycles. The van der Waals surface area contributed by atoms with Gasteiger partial charge < -0.3 is 5.73 Å². The summed E-state index contributed by atoms with van der Waals surface area (Å²) >= 11 is 0. The van der Waals surface area contributed by atoms with Gasteiger partial charge >= 0.3 is 6.18 Å². The Morgan fingerprint density at radius 1 is 1.36 bits per heavy atom. The fourth-order valence-electron chi connectivity index (χ4n) is 1.31. The smallest absolute Gasteiger partial charge is 0.330 e. The Morgan fingerprint density at radius 2 is 1.91 bits per heavy atom. The van der Waals surface area contributed by atoms with Crippen LogP contribution >= 0.6 is 0 Å². The fourth-order valence-corrected chi connectivity index (χ4v) is 1.31. The van der Waals surface area contributed by atoms with E-state index in [9.17, 15) is 13.2 Å². The predicted octanol–water partition coefficient (Wildman–Crippen LogP) is 1.92. The van der Waals surface area contributed by atoms with Crippen LogP contribution in [0, 0.1) is 11.8 Å². The Labute approximate surface area is 63.8 Å². The fraction of sp³-hybridized carbons (Fsp3) is 1.00. The molecule has 1 aliphatic rings. The summed E-state index contributed by atoms with van der Waals surface area (Å²) in [5, 5.41) is 0. The zero-order chi connectivity index (χ0) is 8.48.